The topological polar surface area (TPSA) is 78.5 Å². The maximum Gasteiger partial charge on any atom is 0.291 e. The number of ether oxygens (including phenoxy) is 2. The Kier molecular flexibility index (Phi) is 7.29. The Morgan fingerprint density at radius 1 is 1.18 bits per heavy atom. The molecule has 0 saturated heterocycles. The third kappa shape index (κ3) is 5.46. The van der Waals surface area contributed by atoms with Crippen LogP contribution >= 0.6 is 27.5 Å². The fourth-order valence-electron chi connectivity index (χ4n) is 3.47. The van der Waals surface area contributed by atoms with Gasteiger partial charge in [-0.25, -0.2) is 0 Å². The van der Waals surface area contributed by atoms with E-state index in [-0.39, 0.29) is 18.3 Å². The number of rotatable bonds is 8. The van der Waals surface area contributed by atoms with Crippen LogP contribution in [0.5, 0.6) is 11.5 Å². The highest BCUT2D eigenvalue weighted by Crippen LogP contribution is 2.29. The second-order valence-electron chi connectivity index (χ2n) is 7.64. The predicted molar refractivity (Wildman–Crippen MR) is 134 cm³/mol. The van der Waals surface area contributed by atoms with Gasteiger partial charge in [0.25, 0.3) is 5.91 Å². The molecule has 0 bridgehead atoms. The zero-order valence-electron chi connectivity index (χ0n) is 18.9. The standard InChI is InChI=1S/C25H23BrClN3O4/c1-15-24(16(2)30(29-15)13-17-5-4-6-19(11-17)32-3)28-25(31)23-10-8-20(34-23)14-33-22-9-7-18(26)12-21(22)27/h4-12H,13-14H2,1-3H3,(H,28,31). The van der Waals surface area contributed by atoms with Gasteiger partial charge in [-0.3, -0.25) is 9.48 Å². The molecule has 2 aromatic heterocycles. The lowest BCUT2D eigenvalue weighted by atomic mass is 10.2. The van der Waals surface area contributed by atoms with Crippen LogP contribution in [0.4, 0.5) is 5.69 Å². The summed E-state index contributed by atoms with van der Waals surface area (Å²) in [5.74, 6) is 1.64. The number of methoxy groups -OCH3 is 1. The first kappa shape index (κ1) is 23.9. The number of nitrogens with zero attached hydrogens (tertiary/aromatic N) is 2. The van der Waals surface area contributed by atoms with Crippen molar-refractivity contribution in [3.8, 4) is 11.5 Å². The Labute approximate surface area is 210 Å². The quantitative estimate of drug-likeness (QED) is 0.278. The van der Waals surface area contributed by atoms with E-state index in [0.29, 0.717) is 34.5 Å². The minimum absolute atomic E-state index is 0.144. The number of benzene rings is 2. The van der Waals surface area contributed by atoms with Gasteiger partial charge in [0.1, 0.15) is 23.9 Å². The smallest absolute Gasteiger partial charge is 0.291 e. The van der Waals surface area contributed by atoms with Crippen molar-refractivity contribution in [3.05, 3.63) is 92.6 Å². The largest absolute Gasteiger partial charge is 0.497 e. The van der Waals surface area contributed by atoms with Crippen LogP contribution in [0.3, 0.4) is 0 Å². The molecule has 9 heteroatoms. The highest BCUT2D eigenvalue weighted by molar-refractivity contribution is 9.10. The molecule has 0 saturated carbocycles. The molecule has 4 rings (SSSR count). The van der Waals surface area contributed by atoms with E-state index in [9.17, 15) is 4.79 Å². The van der Waals surface area contributed by atoms with Gasteiger partial charge in [-0.15, -0.1) is 0 Å². The molecule has 0 spiro atoms. The molecule has 0 unspecified atom stereocenters. The van der Waals surface area contributed by atoms with Crippen molar-refractivity contribution < 1.29 is 18.7 Å². The summed E-state index contributed by atoms with van der Waals surface area (Å²) in [5.41, 5.74) is 3.26. The minimum atomic E-state index is -0.361. The Morgan fingerprint density at radius 3 is 2.76 bits per heavy atom. The van der Waals surface area contributed by atoms with Crippen LogP contribution in [0, 0.1) is 13.8 Å². The number of amides is 1. The molecule has 0 aliphatic rings. The fourth-order valence-corrected chi connectivity index (χ4v) is 4.20. The van der Waals surface area contributed by atoms with Crippen molar-refractivity contribution in [1.82, 2.24) is 9.78 Å². The van der Waals surface area contributed by atoms with Gasteiger partial charge < -0.3 is 19.2 Å². The summed E-state index contributed by atoms with van der Waals surface area (Å²) in [4.78, 5) is 12.8. The average Bonchev–Trinajstić information content (AvgIpc) is 3.39. The molecule has 0 aliphatic carbocycles. The van der Waals surface area contributed by atoms with E-state index < -0.39 is 0 Å². The van der Waals surface area contributed by atoms with Gasteiger partial charge in [-0.2, -0.15) is 5.10 Å². The number of carbonyl (C=O) groups excluding carboxylic acids is 1. The third-order valence-corrected chi connectivity index (χ3v) is 6.02. The summed E-state index contributed by atoms with van der Waals surface area (Å²) in [7, 11) is 1.64. The molecule has 2 heterocycles. The number of aryl methyl sites for hydroxylation is 1. The lowest BCUT2D eigenvalue weighted by molar-refractivity contribution is 0.0992. The van der Waals surface area contributed by atoms with Crippen LogP contribution in [-0.4, -0.2) is 22.8 Å². The van der Waals surface area contributed by atoms with Crippen molar-refractivity contribution in [2.75, 3.05) is 12.4 Å². The van der Waals surface area contributed by atoms with Gasteiger partial charge in [-0.05, 0) is 61.9 Å². The summed E-state index contributed by atoms with van der Waals surface area (Å²) in [5, 5.41) is 7.99. The van der Waals surface area contributed by atoms with Crippen LogP contribution in [0.25, 0.3) is 0 Å². The van der Waals surface area contributed by atoms with E-state index in [1.165, 1.54) is 0 Å². The van der Waals surface area contributed by atoms with Crippen LogP contribution in [0.1, 0.15) is 33.3 Å². The molecule has 176 valence electrons. The molecule has 0 radical (unpaired) electrons. The van der Waals surface area contributed by atoms with Crippen molar-refractivity contribution in [2.45, 2.75) is 27.0 Å². The fraction of sp³-hybridized carbons (Fsp3) is 0.200. The van der Waals surface area contributed by atoms with E-state index in [0.717, 1.165) is 21.5 Å². The normalized spacial score (nSPS) is 10.9. The van der Waals surface area contributed by atoms with Gasteiger partial charge in [0.05, 0.1) is 35.8 Å². The van der Waals surface area contributed by atoms with Crippen LogP contribution < -0.4 is 14.8 Å². The lowest BCUT2D eigenvalue weighted by Gasteiger charge is -2.08. The van der Waals surface area contributed by atoms with Crippen LogP contribution in [0.2, 0.25) is 5.02 Å². The summed E-state index contributed by atoms with van der Waals surface area (Å²) in [6.45, 7) is 4.47. The van der Waals surface area contributed by atoms with E-state index in [1.54, 1.807) is 31.4 Å². The molecule has 1 N–H and O–H groups in total. The molecule has 7 nitrogen and oxygen atoms in total. The van der Waals surface area contributed by atoms with Gasteiger partial charge in [0.2, 0.25) is 0 Å². The number of furan rings is 1. The van der Waals surface area contributed by atoms with Crippen molar-refractivity contribution >= 4 is 39.1 Å². The first-order valence-corrected chi connectivity index (χ1v) is 11.7. The molecule has 1 amide bonds. The molecular formula is C25H23BrClN3O4. The molecule has 0 fully saturated rings. The van der Waals surface area contributed by atoms with Gasteiger partial charge >= 0.3 is 0 Å². The number of hydrogen-bond acceptors (Lipinski definition) is 5. The van der Waals surface area contributed by atoms with Crippen molar-refractivity contribution in [1.29, 1.82) is 0 Å². The van der Waals surface area contributed by atoms with E-state index in [4.69, 9.17) is 25.5 Å². The number of halogens is 2. The first-order valence-electron chi connectivity index (χ1n) is 10.5. The minimum Gasteiger partial charge on any atom is -0.497 e. The zero-order chi connectivity index (χ0) is 24.2. The molecule has 2 aromatic carbocycles. The Morgan fingerprint density at radius 2 is 2.00 bits per heavy atom. The number of nitrogens with one attached hydrogen (secondary N) is 1. The summed E-state index contributed by atoms with van der Waals surface area (Å²) >= 11 is 9.53. The molecule has 0 atom stereocenters. The summed E-state index contributed by atoms with van der Waals surface area (Å²) in [6.07, 6.45) is 0. The number of carbonyl (C=O) groups is 1. The van der Waals surface area contributed by atoms with Crippen molar-refractivity contribution in [2.24, 2.45) is 0 Å². The van der Waals surface area contributed by atoms with E-state index >= 15 is 0 Å². The summed E-state index contributed by atoms with van der Waals surface area (Å²) < 4.78 is 19.4. The average molecular weight is 545 g/mol. The van der Waals surface area contributed by atoms with Crippen LogP contribution in [0.15, 0.2) is 63.5 Å². The second kappa shape index (κ2) is 10.4. The highest BCUT2D eigenvalue weighted by atomic mass is 79.9. The first-order chi connectivity index (χ1) is 16.3. The Hall–Kier alpha value is -3.23. The van der Waals surface area contributed by atoms with Crippen LogP contribution in [-0.2, 0) is 13.2 Å². The zero-order valence-corrected chi connectivity index (χ0v) is 21.2. The number of hydrogen-bond donors (Lipinski definition) is 1. The Bertz CT molecular complexity index is 1330. The lowest BCUT2D eigenvalue weighted by Crippen LogP contribution is -2.12. The van der Waals surface area contributed by atoms with Gasteiger partial charge in [0.15, 0.2) is 5.76 Å². The third-order valence-electron chi connectivity index (χ3n) is 5.24. The SMILES string of the molecule is COc1cccc(Cn2nc(C)c(NC(=O)c3ccc(COc4ccc(Br)cc4Cl)o3)c2C)c1. The predicted octanol–water partition coefficient (Wildman–Crippen LogP) is 6.40. The highest BCUT2D eigenvalue weighted by Gasteiger charge is 2.18. The number of anilines is 1. The number of aromatic nitrogens is 2. The molecule has 0 aliphatic heterocycles. The maximum absolute atomic E-state index is 12.8. The van der Waals surface area contributed by atoms with E-state index in [1.807, 2.05) is 48.9 Å². The Balaban J connectivity index is 1.42. The molecule has 4 aromatic rings. The summed E-state index contributed by atoms with van der Waals surface area (Å²) in [6, 6.07) is 16.5. The maximum atomic E-state index is 12.8. The van der Waals surface area contributed by atoms with Gasteiger partial charge in [-0.1, -0.05) is 39.7 Å². The van der Waals surface area contributed by atoms with E-state index in [2.05, 4.69) is 26.3 Å². The molecular weight excluding hydrogens is 522 g/mol. The monoisotopic (exact) mass is 543 g/mol. The van der Waals surface area contributed by atoms with Gasteiger partial charge in [0, 0.05) is 4.47 Å². The molecule has 34 heavy (non-hydrogen) atoms. The second-order valence-corrected chi connectivity index (χ2v) is 8.96. The van der Waals surface area contributed by atoms with Crippen molar-refractivity contribution in [3.63, 3.8) is 0 Å².